The summed E-state index contributed by atoms with van der Waals surface area (Å²) < 4.78 is 4.68. The van der Waals surface area contributed by atoms with E-state index in [1.807, 2.05) is 19.3 Å². The maximum Gasteiger partial charge on any atom is 0.408 e. The molecule has 0 bridgehead atoms. The van der Waals surface area contributed by atoms with E-state index >= 15 is 0 Å². The Morgan fingerprint density at radius 2 is 1.93 bits per heavy atom. The Balaban J connectivity index is 4.16. The summed E-state index contributed by atoms with van der Waals surface area (Å²) in [6.45, 7) is 5.66. The van der Waals surface area contributed by atoms with Gasteiger partial charge in [0.15, 0.2) is 0 Å². The van der Waals surface area contributed by atoms with Crippen LogP contribution in [0.4, 0.5) is 9.59 Å². The molecule has 15 heavy (non-hydrogen) atoms. The van der Waals surface area contributed by atoms with Crippen molar-refractivity contribution in [2.45, 2.75) is 26.9 Å². The van der Waals surface area contributed by atoms with Gasteiger partial charge in [-0.15, -0.1) is 0 Å². The summed E-state index contributed by atoms with van der Waals surface area (Å²) in [7, 11) is 0. The topological polar surface area (TPSA) is 105 Å². The lowest BCUT2D eigenvalue weighted by Crippen LogP contribution is -2.55. The average Bonchev–Trinajstić information content (AvgIpc) is 2.16. The van der Waals surface area contributed by atoms with E-state index < -0.39 is 18.3 Å². The van der Waals surface area contributed by atoms with Crippen molar-refractivity contribution in [1.29, 1.82) is 0 Å². The zero-order chi connectivity index (χ0) is 11.8. The van der Waals surface area contributed by atoms with E-state index in [-0.39, 0.29) is 12.5 Å². The van der Waals surface area contributed by atoms with Crippen molar-refractivity contribution in [2.24, 2.45) is 11.8 Å². The fraction of sp³-hybridized carbons (Fsp3) is 0.750. The lowest BCUT2D eigenvalue weighted by Gasteiger charge is -2.22. The van der Waals surface area contributed by atoms with Gasteiger partial charge in [-0.05, 0) is 12.8 Å². The van der Waals surface area contributed by atoms with E-state index in [2.05, 4.69) is 15.4 Å². The SMILES string of the molecule is CCOC(=O)NC(NC(=O)NN)C(C)C. The maximum absolute atomic E-state index is 11.1. The number of nitrogens with two attached hydrogens (primary N) is 1. The third kappa shape index (κ3) is 5.74. The first-order valence-electron chi connectivity index (χ1n) is 4.71. The fourth-order valence-corrected chi connectivity index (χ4v) is 0.852. The summed E-state index contributed by atoms with van der Waals surface area (Å²) in [5.41, 5.74) is 1.91. The van der Waals surface area contributed by atoms with E-state index in [4.69, 9.17) is 5.84 Å². The Bertz CT molecular complexity index is 220. The number of carbonyl (C=O) groups is 2. The summed E-state index contributed by atoms with van der Waals surface area (Å²) in [5.74, 6) is 4.92. The molecule has 0 aliphatic heterocycles. The van der Waals surface area contributed by atoms with Crippen molar-refractivity contribution in [1.82, 2.24) is 16.1 Å². The molecule has 7 nitrogen and oxygen atoms in total. The van der Waals surface area contributed by atoms with Crippen LogP contribution in [0.25, 0.3) is 0 Å². The van der Waals surface area contributed by atoms with Crippen LogP contribution in [-0.4, -0.2) is 24.9 Å². The predicted octanol–water partition coefficient (Wildman–Crippen LogP) is -0.112. The number of rotatable bonds is 4. The highest BCUT2D eigenvalue weighted by atomic mass is 16.5. The molecule has 5 N–H and O–H groups in total. The minimum atomic E-state index is -0.575. The molecule has 0 saturated heterocycles. The predicted molar refractivity (Wildman–Crippen MR) is 54.6 cm³/mol. The Morgan fingerprint density at radius 3 is 2.33 bits per heavy atom. The number of alkyl carbamates (subject to hydrolysis) is 1. The minimum absolute atomic E-state index is 0.0201. The lowest BCUT2D eigenvalue weighted by atomic mass is 10.1. The van der Waals surface area contributed by atoms with Crippen molar-refractivity contribution in [3.05, 3.63) is 0 Å². The molecule has 3 amide bonds. The molecule has 0 aromatic heterocycles. The van der Waals surface area contributed by atoms with Crippen LogP contribution in [0.2, 0.25) is 0 Å². The van der Waals surface area contributed by atoms with Crippen LogP contribution in [0.3, 0.4) is 0 Å². The molecule has 0 aliphatic carbocycles. The standard InChI is InChI=1S/C8H18N4O3/c1-4-15-8(14)11-6(5(2)3)10-7(13)12-9/h5-6H,4,9H2,1-3H3,(H,11,14)(H2,10,12,13). The van der Waals surface area contributed by atoms with Crippen LogP contribution in [0.1, 0.15) is 20.8 Å². The number of nitrogens with one attached hydrogen (secondary N) is 3. The molecule has 7 heteroatoms. The molecule has 0 spiro atoms. The molecule has 0 fully saturated rings. The summed E-state index contributed by atoms with van der Waals surface area (Å²) in [6.07, 6.45) is -1.10. The van der Waals surface area contributed by atoms with Crippen LogP contribution in [0.5, 0.6) is 0 Å². The third-order valence-electron chi connectivity index (χ3n) is 1.63. The highest BCUT2D eigenvalue weighted by Crippen LogP contribution is 1.98. The first-order chi connectivity index (χ1) is 7.01. The van der Waals surface area contributed by atoms with Gasteiger partial charge in [-0.1, -0.05) is 13.8 Å². The Labute approximate surface area is 88.7 Å². The highest BCUT2D eigenvalue weighted by Gasteiger charge is 2.18. The Morgan fingerprint density at radius 1 is 1.33 bits per heavy atom. The van der Waals surface area contributed by atoms with Gasteiger partial charge in [0.2, 0.25) is 0 Å². The van der Waals surface area contributed by atoms with Crippen molar-refractivity contribution in [2.75, 3.05) is 6.61 Å². The third-order valence-corrected chi connectivity index (χ3v) is 1.63. The lowest BCUT2D eigenvalue weighted by molar-refractivity contribution is 0.142. The number of hydrazine groups is 1. The van der Waals surface area contributed by atoms with Crippen molar-refractivity contribution in [3.8, 4) is 0 Å². The first kappa shape index (κ1) is 13.5. The molecular weight excluding hydrogens is 200 g/mol. The second-order valence-corrected chi connectivity index (χ2v) is 3.20. The van der Waals surface area contributed by atoms with Gasteiger partial charge in [0.1, 0.15) is 6.17 Å². The van der Waals surface area contributed by atoms with Gasteiger partial charge >= 0.3 is 12.1 Å². The van der Waals surface area contributed by atoms with Gasteiger partial charge in [-0.3, -0.25) is 5.43 Å². The normalized spacial score (nSPS) is 11.8. The number of amides is 3. The Hall–Kier alpha value is -1.50. The number of carbonyl (C=O) groups excluding carboxylic acids is 2. The van der Waals surface area contributed by atoms with Gasteiger partial charge in [-0.25, -0.2) is 15.4 Å². The van der Waals surface area contributed by atoms with E-state index in [1.54, 1.807) is 6.92 Å². The smallest absolute Gasteiger partial charge is 0.408 e. The van der Waals surface area contributed by atoms with Crippen molar-refractivity contribution >= 4 is 12.1 Å². The van der Waals surface area contributed by atoms with Crippen LogP contribution in [-0.2, 0) is 4.74 Å². The molecule has 0 radical (unpaired) electrons. The number of urea groups is 1. The van der Waals surface area contributed by atoms with Gasteiger partial charge in [0.25, 0.3) is 0 Å². The second-order valence-electron chi connectivity index (χ2n) is 3.20. The molecule has 0 aromatic rings. The molecule has 0 heterocycles. The number of ether oxygens (including phenoxy) is 1. The van der Waals surface area contributed by atoms with Crippen molar-refractivity contribution < 1.29 is 14.3 Å². The first-order valence-corrected chi connectivity index (χ1v) is 4.71. The highest BCUT2D eigenvalue weighted by molar-refractivity contribution is 5.74. The summed E-state index contributed by atoms with van der Waals surface area (Å²) in [5, 5.41) is 4.96. The molecule has 1 atom stereocenters. The van der Waals surface area contributed by atoms with Crippen LogP contribution in [0, 0.1) is 5.92 Å². The molecule has 0 saturated carbocycles. The summed E-state index contributed by atoms with van der Waals surface area (Å²) >= 11 is 0. The fourth-order valence-electron chi connectivity index (χ4n) is 0.852. The maximum atomic E-state index is 11.1. The summed E-state index contributed by atoms with van der Waals surface area (Å²) in [4.78, 5) is 22.0. The van der Waals surface area contributed by atoms with E-state index in [9.17, 15) is 9.59 Å². The average molecular weight is 218 g/mol. The molecule has 0 aromatic carbocycles. The minimum Gasteiger partial charge on any atom is -0.450 e. The van der Waals surface area contributed by atoms with Crippen LogP contribution >= 0.6 is 0 Å². The van der Waals surface area contributed by atoms with Gasteiger partial charge in [0, 0.05) is 0 Å². The molecule has 0 aliphatic rings. The Kier molecular flexibility index (Phi) is 6.19. The van der Waals surface area contributed by atoms with Crippen molar-refractivity contribution in [3.63, 3.8) is 0 Å². The molecular formula is C8H18N4O3. The zero-order valence-electron chi connectivity index (χ0n) is 9.16. The van der Waals surface area contributed by atoms with E-state index in [0.717, 1.165) is 0 Å². The van der Waals surface area contributed by atoms with Crippen LogP contribution < -0.4 is 21.9 Å². The molecule has 88 valence electrons. The molecule has 0 rings (SSSR count). The quantitative estimate of drug-likeness (QED) is 0.228. The van der Waals surface area contributed by atoms with Gasteiger partial charge in [-0.2, -0.15) is 0 Å². The van der Waals surface area contributed by atoms with E-state index in [0.29, 0.717) is 0 Å². The largest absolute Gasteiger partial charge is 0.450 e. The molecule has 1 unspecified atom stereocenters. The second kappa shape index (κ2) is 6.88. The van der Waals surface area contributed by atoms with E-state index in [1.165, 1.54) is 0 Å². The van der Waals surface area contributed by atoms with Gasteiger partial charge < -0.3 is 15.4 Å². The van der Waals surface area contributed by atoms with Crippen LogP contribution in [0.15, 0.2) is 0 Å². The summed E-state index contributed by atoms with van der Waals surface area (Å²) in [6, 6.07) is -0.564. The van der Waals surface area contributed by atoms with Gasteiger partial charge in [0.05, 0.1) is 6.61 Å². The zero-order valence-corrected chi connectivity index (χ0v) is 9.16. The number of hydrogen-bond acceptors (Lipinski definition) is 4. The number of hydrogen-bond donors (Lipinski definition) is 4. The monoisotopic (exact) mass is 218 g/mol.